The number of benzene rings is 1. The summed E-state index contributed by atoms with van der Waals surface area (Å²) in [6, 6.07) is 5.64. The second-order valence-electron chi connectivity index (χ2n) is 6.97. The molecule has 5 rings (SSSR count). The number of hydrogen-bond acceptors (Lipinski definition) is 6. The molecule has 1 atom stereocenters. The highest BCUT2D eigenvalue weighted by molar-refractivity contribution is 6.35. The Balaban J connectivity index is 1.56. The lowest BCUT2D eigenvalue weighted by Gasteiger charge is -2.32. The van der Waals surface area contributed by atoms with Gasteiger partial charge in [-0.25, -0.2) is 9.97 Å². The van der Waals surface area contributed by atoms with E-state index in [1.165, 1.54) is 0 Å². The third kappa shape index (κ3) is 2.68. The standard InChI is InChI=1S/C18H19ClN8/c1-25-10-12(8-21-25)26-7-3-4-11(9-26)16-23-17-13-5-2-6-14(19)15(13)22-18(20)27(17)24-16/h2,5-6,8,10-11H,3-4,7,9H2,1H3,(H2,20,22). The van der Waals surface area contributed by atoms with Crippen LogP contribution in [0.1, 0.15) is 24.6 Å². The summed E-state index contributed by atoms with van der Waals surface area (Å²) >= 11 is 6.28. The van der Waals surface area contributed by atoms with Crippen LogP contribution in [0.25, 0.3) is 16.6 Å². The van der Waals surface area contributed by atoms with Gasteiger partial charge in [-0.1, -0.05) is 17.7 Å². The molecule has 8 nitrogen and oxygen atoms in total. The van der Waals surface area contributed by atoms with Crippen LogP contribution in [0, 0.1) is 0 Å². The van der Waals surface area contributed by atoms with Crippen molar-refractivity contribution >= 4 is 39.8 Å². The van der Waals surface area contributed by atoms with Crippen molar-refractivity contribution in [3.8, 4) is 0 Å². The Morgan fingerprint density at radius 3 is 2.96 bits per heavy atom. The van der Waals surface area contributed by atoms with E-state index in [2.05, 4.69) is 20.1 Å². The van der Waals surface area contributed by atoms with E-state index in [1.54, 1.807) is 10.6 Å². The van der Waals surface area contributed by atoms with Gasteiger partial charge in [0.15, 0.2) is 11.5 Å². The molecule has 0 aliphatic carbocycles. The van der Waals surface area contributed by atoms with Crippen LogP contribution in [0.5, 0.6) is 0 Å². The largest absolute Gasteiger partial charge is 0.368 e. The van der Waals surface area contributed by atoms with E-state index < -0.39 is 0 Å². The van der Waals surface area contributed by atoms with Gasteiger partial charge in [-0.05, 0) is 25.0 Å². The Morgan fingerprint density at radius 1 is 1.26 bits per heavy atom. The van der Waals surface area contributed by atoms with Crippen molar-refractivity contribution in [3.05, 3.63) is 41.4 Å². The van der Waals surface area contributed by atoms with Gasteiger partial charge in [-0.15, -0.1) is 5.10 Å². The fourth-order valence-electron chi connectivity index (χ4n) is 3.80. The first-order valence-electron chi connectivity index (χ1n) is 8.94. The van der Waals surface area contributed by atoms with Crippen molar-refractivity contribution in [2.45, 2.75) is 18.8 Å². The Bertz CT molecular complexity index is 1150. The van der Waals surface area contributed by atoms with Crippen molar-refractivity contribution in [2.24, 2.45) is 7.05 Å². The predicted molar refractivity (Wildman–Crippen MR) is 105 cm³/mol. The van der Waals surface area contributed by atoms with E-state index in [9.17, 15) is 0 Å². The van der Waals surface area contributed by atoms with Crippen molar-refractivity contribution in [2.75, 3.05) is 23.7 Å². The number of piperidine rings is 1. The first-order valence-corrected chi connectivity index (χ1v) is 9.32. The molecule has 1 aromatic carbocycles. The zero-order chi connectivity index (χ0) is 18.5. The maximum absolute atomic E-state index is 6.28. The molecule has 3 aromatic heterocycles. The summed E-state index contributed by atoms with van der Waals surface area (Å²) in [5, 5.41) is 10.4. The zero-order valence-corrected chi connectivity index (χ0v) is 15.6. The molecule has 27 heavy (non-hydrogen) atoms. The summed E-state index contributed by atoms with van der Waals surface area (Å²) in [7, 11) is 1.93. The SMILES string of the molecule is Cn1cc(N2CCCC(c3nc4c5cccc(Cl)c5nc(N)n4n3)C2)cn1. The summed E-state index contributed by atoms with van der Waals surface area (Å²) in [5.74, 6) is 1.32. The highest BCUT2D eigenvalue weighted by atomic mass is 35.5. The molecule has 2 N–H and O–H groups in total. The third-order valence-electron chi connectivity index (χ3n) is 5.14. The average Bonchev–Trinajstić information content (AvgIpc) is 3.30. The number of nitrogen functional groups attached to an aromatic ring is 1. The van der Waals surface area contributed by atoms with Crippen molar-refractivity contribution < 1.29 is 0 Å². The fourth-order valence-corrected chi connectivity index (χ4v) is 4.02. The van der Waals surface area contributed by atoms with Crippen LogP contribution in [-0.2, 0) is 7.05 Å². The van der Waals surface area contributed by atoms with E-state index >= 15 is 0 Å². The van der Waals surface area contributed by atoms with E-state index in [0.29, 0.717) is 22.1 Å². The molecule has 0 saturated carbocycles. The number of nitrogens with two attached hydrogens (primary N) is 1. The quantitative estimate of drug-likeness (QED) is 0.573. The molecule has 1 fully saturated rings. The van der Waals surface area contributed by atoms with E-state index in [0.717, 1.165) is 42.8 Å². The normalized spacial score (nSPS) is 17.9. The van der Waals surface area contributed by atoms with Gasteiger partial charge in [0.05, 0.1) is 22.4 Å². The molecule has 9 heteroatoms. The summed E-state index contributed by atoms with van der Waals surface area (Å²) in [6.45, 7) is 1.87. The molecule has 0 spiro atoms. The van der Waals surface area contributed by atoms with Crippen molar-refractivity contribution in [1.82, 2.24) is 29.4 Å². The lowest BCUT2D eigenvalue weighted by molar-refractivity contribution is 0.491. The monoisotopic (exact) mass is 382 g/mol. The molecule has 1 aliphatic rings. The smallest absolute Gasteiger partial charge is 0.223 e. The fraction of sp³-hybridized carbons (Fsp3) is 0.333. The third-order valence-corrected chi connectivity index (χ3v) is 5.44. The molecular weight excluding hydrogens is 364 g/mol. The number of halogens is 1. The molecule has 1 aliphatic heterocycles. The minimum absolute atomic E-state index is 0.229. The van der Waals surface area contributed by atoms with Gasteiger partial charge in [0.2, 0.25) is 5.95 Å². The number of aromatic nitrogens is 6. The van der Waals surface area contributed by atoms with Crippen LogP contribution in [0.4, 0.5) is 11.6 Å². The summed E-state index contributed by atoms with van der Waals surface area (Å²) in [6.07, 6.45) is 6.06. The number of rotatable bonds is 2. The van der Waals surface area contributed by atoms with Crippen LogP contribution in [0.15, 0.2) is 30.6 Å². The number of aryl methyl sites for hydroxylation is 1. The Morgan fingerprint density at radius 2 is 2.15 bits per heavy atom. The highest BCUT2D eigenvalue weighted by Crippen LogP contribution is 2.31. The predicted octanol–water partition coefficient (Wildman–Crippen LogP) is 2.63. The van der Waals surface area contributed by atoms with Gasteiger partial charge >= 0.3 is 0 Å². The van der Waals surface area contributed by atoms with Gasteiger partial charge in [-0.3, -0.25) is 4.68 Å². The van der Waals surface area contributed by atoms with Gasteiger partial charge in [0.25, 0.3) is 0 Å². The summed E-state index contributed by atoms with van der Waals surface area (Å²) < 4.78 is 3.45. The highest BCUT2D eigenvalue weighted by Gasteiger charge is 2.26. The Kier molecular flexibility index (Phi) is 3.68. The maximum atomic E-state index is 6.28. The van der Waals surface area contributed by atoms with Crippen LogP contribution in [-0.4, -0.2) is 42.5 Å². The minimum atomic E-state index is 0.229. The number of hydrogen-bond donors (Lipinski definition) is 1. The van der Waals surface area contributed by atoms with Gasteiger partial charge in [0, 0.05) is 37.6 Å². The van der Waals surface area contributed by atoms with E-state index in [1.807, 2.05) is 36.3 Å². The Hall–Kier alpha value is -2.87. The minimum Gasteiger partial charge on any atom is -0.368 e. The molecule has 0 bridgehead atoms. The molecule has 1 saturated heterocycles. The van der Waals surface area contributed by atoms with Crippen molar-refractivity contribution in [3.63, 3.8) is 0 Å². The summed E-state index contributed by atoms with van der Waals surface area (Å²) in [4.78, 5) is 11.6. The lowest BCUT2D eigenvalue weighted by Crippen LogP contribution is -2.34. The molecule has 0 amide bonds. The van der Waals surface area contributed by atoms with Gasteiger partial charge in [0.1, 0.15) is 0 Å². The molecule has 0 radical (unpaired) electrons. The first kappa shape index (κ1) is 16.3. The number of nitrogens with zero attached hydrogens (tertiary/aromatic N) is 7. The first-order chi connectivity index (χ1) is 13.1. The van der Waals surface area contributed by atoms with Gasteiger partial charge < -0.3 is 10.6 Å². The second-order valence-corrected chi connectivity index (χ2v) is 7.38. The lowest BCUT2D eigenvalue weighted by atomic mass is 9.97. The zero-order valence-electron chi connectivity index (χ0n) is 14.9. The van der Waals surface area contributed by atoms with Crippen LogP contribution >= 0.6 is 11.6 Å². The van der Waals surface area contributed by atoms with Gasteiger partial charge in [-0.2, -0.15) is 9.61 Å². The van der Waals surface area contributed by atoms with Crippen molar-refractivity contribution in [1.29, 1.82) is 0 Å². The summed E-state index contributed by atoms with van der Waals surface area (Å²) in [5.41, 5.74) is 8.61. The number of para-hydroxylation sites is 1. The van der Waals surface area contributed by atoms with Crippen LogP contribution in [0.3, 0.4) is 0 Å². The number of anilines is 2. The van der Waals surface area contributed by atoms with E-state index in [-0.39, 0.29) is 5.92 Å². The van der Waals surface area contributed by atoms with Crippen LogP contribution < -0.4 is 10.6 Å². The molecule has 138 valence electrons. The molecular formula is C18H19ClN8. The second kappa shape index (κ2) is 6.09. The molecule has 4 heterocycles. The Labute approximate surface area is 160 Å². The average molecular weight is 383 g/mol. The van der Waals surface area contributed by atoms with Crippen LogP contribution in [0.2, 0.25) is 5.02 Å². The molecule has 1 unspecified atom stereocenters. The number of fused-ring (bicyclic) bond motifs is 3. The van der Waals surface area contributed by atoms with E-state index in [4.69, 9.17) is 22.3 Å². The molecule has 4 aromatic rings. The topological polar surface area (TPSA) is 90.2 Å². The maximum Gasteiger partial charge on any atom is 0.223 e.